The number of carbonyl (C=O) groups excluding carboxylic acids is 3. The zero-order valence-electron chi connectivity index (χ0n) is 45.5. The minimum atomic E-state index is -3.37. The lowest BCUT2D eigenvalue weighted by Gasteiger charge is -2.37. The Hall–Kier alpha value is -5.16. The zero-order valence-corrected chi connectivity index (χ0v) is 46.3. The quantitative estimate of drug-likeness (QED) is 0.0243. The van der Waals surface area contributed by atoms with Crippen molar-refractivity contribution in [1.82, 2.24) is 9.79 Å². The minimum absolute atomic E-state index is 0.111. The number of aryl methyl sites for hydroxylation is 3. The summed E-state index contributed by atoms with van der Waals surface area (Å²) in [4.78, 5) is 61.4. The molecule has 0 saturated carbocycles. The Bertz CT molecular complexity index is 2440. The number of carbonyl (C=O) groups is 3. The number of ether oxygens (including phenoxy) is 2. The normalized spacial score (nSPS) is 14.6. The third kappa shape index (κ3) is 17.2. The Morgan fingerprint density at radius 1 is 0.847 bits per heavy atom. The van der Waals surface area contributed by atoms with Crippen LogP contribution in [-0.4, -0.2) is 88.3 Å². The molecule has 4 rings (SSSR count). The summed E-state index contributed by atoms with van der Waals surface area (Å²) in [5.41, 5.74) is 4.12. The van der Waals surface area contributed by atoms with Crippen LogP contribution >= 0.6 is 0 Å². The van der Waals surface area contributed by atoms with E-state index in [1.807, 2.05) is 69.0 Å². The van der Waals surface area contributed by atoms with Gasteiger partial charge in [0, 0.05) is 43.1 Å². The summed E-state index contributed by atoms with van der Waals surface area (Å²) in [6.07, 6.45) is 12.8. The summed E-state index contributed by atoms with van der Waals surface area (Å²) in [5, 5.41) is 7.35. The van der Waals surface area contributed by atoms with Crippen molar-refractivity contribution in [3.63, 3.8) is 0 Å². The first-order valence-electron chi connectivity index (χ1n) is 26.3. The van der Waals surface area contributed by atoms with Gasteiger partial charge in [0.25, 0.3) is 17.7 Å². The van der Waals surface area contributed by atoms with E-state index in [0.29, 0.717) is 48.6 Å². The molecule has 15 nitrogen and oxygen atoms in total. The van der Waals surface area contributed by atoms with Crippen LogP contribution in [-0.2, 0) is 39.4 Å². The topological polar surface area (TPSA) is 180 Å². The number of nitrogens with one attached hydrogen (secondary N) is 3. The molecule has 1 atom stereocenters. The molecule has 0 bridgehead atoms. The molecule has 0 saturated heterocycles. The van der Waals surface area contributed by atoms with Gasteiger partial charge >= 0.3 is 0 Å². The second-order valence-corrected chi connectivity index (χ2v) is 21.8. The minimum Gasteiger partial charge on any atom is -0.465 e. The Kier molecular flexibility index (Phi) is 23.4. The van der Waals surface area contributed by atoms with Crippen molar-refractivity contribution in [1.29, 1.82) is 0 Å². The number of sulfonamides is 1. The van der Waals surface area contributed by atoms with Crippen molar-refractivity contribution < 1.29 is 37.1 Å². The van der Waals surface area contributed by atoms with Crippen LogP contribution in [0.4, 0.5) is 22.7 Å². The lowest BCUT2D eigenvalue weighted by atomic mass is 9.79. The largest absolute Gasteiger partial charge is 0.465 e. The molecule has 72 heavy (non-hydrogen) atoms. The SMILES string of the molecule is CCCCCCCCCCCCON1C(=O)C(CC)(CC)C(=O)N=C1/C(=N\c1ccc(N(CC)CCNS(C)(=O)=O)cc1C)C(=O)Nc1cc(NCOC(CC)Oc2ccc(C)cc2C(C)(C)C)ccc1C. The number of benzene rings is 3. The first-order valence-corrected chi connectivity index (χ1v) is 28.2. The maximum Gasteiger partial charge on any atom is 0.278 e. The molecule has 3 amide bonds. The summed E-state index contributed by atoms with van der Waals surface area (Å²) < 4.78 is 38.7. The van der Waals surface area contributed by atoms with Crippen LogP contribution in [0, 0.1) is 26.2 Å². The van der Waals surface area contributed by atoms with Gasteiger partial charge in [-0.05, 0) is 105 Å². The number of likely N-dealkylation sites (N-methyl/N-ethyl adjacent to an activating group) is 1. The zero-order chi connectivity index (χ0) is 53.1. The summed E-state index contributed by atoms with van der Waals surface area (Å²) in [6.45, 7) is 23.5. The second-order valence-electron chi connectivity index (χ2n) is 20.0. The highest BCUT2D eigenvalue weighted by Crippen LogP contribution is 2.36. The predicted octanol–water partition coefficient (Wildman–Crippen LogP) is 11.6. The van der Waals surface area contributed by atoms with Gasteiger partial charge in [0.05, 0.1) is 18.6 Å². The smallest absolute Gasteiger partial charge is 0.278 e. The van der Waals surface area contributed by atoms with E-state index in [2.05, 4.69) is 61.0 Å². The lowest BCUT2D eigenvalue weighted by Crippen LogP contribution is -2.57. The number of aliphatic imine (C=N–C) groups is 2. The van der Waals surface area contributed by atoms with Crippen LogP contribution in [0.3, 0.4) is 0 Å². The highest BCUT2D eigenvalue weighted by atomic mass is 32.2. The van der Waals surface area contributed by atoms with Crippen molar-refractivity contribution >= 4 is 62.0 Å². The van der Waals surface area contributed by atoms with Gasteiger partial charge in [0.15, 0.2) is 11.5 Å². The molecule has 0 fully saturated rings. The Balaban J connectivity index is 1.66. The van der Waals surface area contributed by atoms with Gasteiger partial charge in [0.1, 0.15) is 17.9 Å². The molecular formula is C56H85N7O8S. The van der Waals surface area contributed by atoms with Gasteiger partial charge in [-0.2, -0.15) is 10.1 Å². The standard InChI is InChI=1S/C56H85N7O8S/c1-13-18-19-20-21-22-23-24-25-26-35-70-63-51(61-53(65)56(15-3,16-4)54(63)66)50(59-46-31-30-44(37-42(46)8)62(17-5)34-33-58-72(12,67)68)52(64)60-47-38-43(29-28-41(47)7)57-39-69-49(14-2)71-48-32-27-40(6)36-45(48)55(9,10)11/h27-32,36-38,49,57-58H,13-26,33-35,39H2,1-12H3,(H,60,64)/b59-50+. The molecule has 1 aliphatic rings. The summed E-state index contributed by atoms with van der Waals surface area (Å²) in [6, 6.07) is 17.2. The van der Waals surface area contributed by atoms with Crippen LogP contribution in [0.15, 0.2) is 64.6 Å². The average Bonchev–Trinajstić information content (AvgIpc) is 3.33. The van der Waals surface area contributed by atoms with Crippen molar-refractivity contribution in [2.75, 3.05) is 54.8 Å². The molecule has 3 aromatic carbocycles. The van der Waals surface area contributed by atoms with Crippen molar-refractivity contribution in [3.05, 3.63) is 76.9 Å². The van der Waals surface area contributed by atoms with E-state index in [0.717, 1.165) is 58.7 Å². The maximum atomic E-state index is 14.9. The Labute approximate surface area is 431 Å². The number of nitrogens with zero attached hydrogens (tertiary/aromatic N) is 4. The highest BCUT2D eigenvalue weighted by Gasteiger charge is 2.52. The fraction of sp³-hybridized carbons (Fsp3) is 0.589. The van der Waals surface area contributed by atoms with Crippen LogP contribution < -0.4 is 25.0 Å². The van der Waals surface area contributed by atoms with Crippen LogP contribution in [0.2, 0.25) is 0 Å². The van der Waals surface area contributed by atoms with Gasteiger partial charge in [-0.15, -0.1) is 0 Å². The summed E-state index contributed by atoms with van der Waals surface area (Å²) in [5.74, 6) is -1.47. The van der Waals surface area contributed by atoms with Gasteiger partial charge in [0.2, 0.25) is 16.3 Å². The molecule has 0 radical (unpaired) electrons. The number of amidine groups is 1. The van der Waals surface area contributed by atoms with Crippen molar-refractivity contribution in [2.24, 2.45) is 15.4 Å². The van der Waals surface area contributed by atoms with Gasteiger partial charge in [-0.25, -0.2) is 18.1 Å². The van der Waals surface area contributed by atoms with E-state index in [-0.39, 0.29) is 49.7 Å². The fourth-order valence-corrected chi connectivity index (χ4v) is 9.06. The molecule has 3 aromatic rings. The van der Waals surface area contributed by atoms with Crippen LogP contribution in [0.25, 0.3) is 0 Å². The Morgan fingerprint density at radius 2 is 1.51 bits per heavy atom. The van der Waals surface area contributed by atoms with E-state index >= 15 is 0 Å². The van der Waals surface area contributed by atoms with E-state index in [1.54, 1.807) is 26.0 Å². The molecule has 0 spiro atoms. The molecule has 398 valence electrons. The van der Waals surface area contributed by atoms with E-state index in [1.165, 1.54) is 38.5 Å². The molecule has 16 heteroatoms. The average molecular weight is 1020 g/mol. The molecule has 1 aliphatic heterocycles. The first-order chi connectivity index (χ1) is 34.2. The van der Waals surface area contributed by atoms with E-state index < -0.39 is 39.4 Å². The summed E-state index contributed by atoms with van der Waals surface area (Å²) >= 11 is 0. The molecule has 1 unspecified atom stereocenters. The van der Waals surface area contributed by atoms with Gasteiger partial charge in [-0.1, -0.05) is 130 Å². The van der Waals surface area contributed by atoms with E-state index in [4.69, 9.17) is 19.3 Å². The Morgan fingerprint density at radius 3 is 2.11 bits per heavy atom. The maximum absolute atomic E-state index is 14.9. The van der Waals surface area contributed by atoms with Crippen LogP contribution in [0.5, 0.6) is 5.75 Å². The van der Waals surface area contributed by atoms with Gasteiger partial charge in [-0.3, -0.25) is 19.2 Å². The third-order valence-corrected chi connectivity index (χ3v) is 14.0. The highest BCUT2D eigenvalue weighted by molar-refractivity contribution is 7.88. The van der Waals surface area contributed by atoms with E-state index in [9.17, 15) is 22.8 Å². The third-order valence-electron chi connectivity index (χ3n) is 13.2. The molecule has 3 N–H and O–H groups in total. The molecule has 0 aliphatic carbocycles. The predicted molar refractivity (Wildman–Crippen MR) is 293 cm³/mol. The van der Waals surface area contributed by atoms with Gasteiger partial charge < -0.3 is 25.0 Å². The van der Waals surface area contributed by atoms with Crippen molar-refractivity contribution in [3.8, 4) is 5.75 Å². The number of amides is 3. The number of rotatable bonds is 31. The molecule has 0 aromatic heterocycles. The first kappa shape index (κ1) is 59.4. The van der Waals surface area contributed by atoms with Crippen LogP contribution in [0.1, 0.15) is 161 Å². The monoisotopic (exact) mass is 1020 g/mol. The molecule has 1 heterocycles. The summed E-state index contributed by atoms with van der Waals surface area (Å²) in [7, 11) is -3.37. The number of hydrogen-bond acceptors (Lipinski definition) is 11. The number of hydrogen-bond donors (Lipinski definition) is 3. The second kappa shape index (κ2) is 28.3. The number of hydroxylamine groups is 2. The van der Waals surface area contributed by atoms with Crippen molar-refractivity contribution in [2.45, 2.75) is 171 Å². The lowest BCUT2D eigenvalue weighted by molar-refractivity contribution is -0.179. The molecular weight excluding hydrogens is 931 g/mol. The fourth-order valence-electron chi connectivity index (χ4n) is 8.60. The number of unbranched alkanes of at least 4 members (excludes halogenated alkanes) is 9. The number of anilines is 3.